The summed E-state index contributed by atoms with van der Waals surface area (Å²) < 4.78 is 7.37. The van der Waals surface area contributed by atoms with E-state index >= 15 is 0 Å². The molecule has 1 aliphatic carbocycles. The van der Waals surface area contributed by atoms with E-state index in [1.54, 1.807) is 18.4 Å². The maximum atomic E-state index is 12.6. The molecule has 1 saturated carbocycles. The monoisotopic (exact) mass is 414 g/mol. The van der Waals surface area contributed by atoms with Gasteiger partial charge in [0, 0.05) is 23.0 Å². The molecule has 3 aromatic rings. The minimum atomic E-state index is -0.279. The molecule has 28 heavy (non-hydrogen) atoms. The topological polar surface area (TPSA) is 69.0 Å². The van der Waals surface area contributed by atoms with Gasteiger partial charge in [-0.2, -0.15) is 0 Å². The fourth-order valence-electron chi connectivity index (χ4n) is 2.91. The number of methoxy groups -OCH3 is 1. The van der Waals surface area contributed by atoms with E-state index in [1.807, 2.05) is 31.2 Å². The SMILES string of the molecule is COc1ccc(NC(=O)[C@H](C)Sc2nnc(Cc3cccs3)n2C2CC2)cc1. The highest BCUT2D eigenvalue weighted by Gasteiger charge is 2.31. The first-order chi connectivity index (χ1) is 13.6. The predicted molar refractivity (Wildman–Crippen MR) is 112 cm³/mol. The van der Waals surface area contributed by atoms with Crippen molar-refractivity contribution in [2.45, 2.75) is 42.6 Å². The highest BCUT2D eigenvalue weighted by molar-refractivity contribution is 8.00. The van der Waals surface area contributed by atoms with Crippen molar-refractivity contribution in [3.63, 3.8) is 0 Å². The van der Waals surface area contributed by atoms with E-state index in [0.29, 0.717) is 6.04 Å². The lowest BCUT2D eigenvalue weighted by Crippen LogP contribution is -2.23. The molecule has 2 aromatic heterocycles. The highest BCUT2D eigenvalue weighted by Crippen LogP contribution is 2.40. The van der Waals surface area contributed by atoms with Crippen molar-refractivity contribution in [3.8, 4) is 5.75 Å². The summed E-state index contributed by atoms with van der Waals surface area (Å²) in [5.41, 5.74) is 0.750. The molecule has 0 saturated heterocycles. The Hall–Kier alpha value is -2.32. The molecule has 1 aliphatic rings. The van der Waals surface area contributed by atoms with Crippen LogP contribution in [0.4, 0.5) is 5.69 Å². The van der Waals surface area contributed by atoms with E-state index in [9.17, 15) is 4.79 Å². The van der Waals surface area contributed by atoms with Gasteiger partial charge in [-0.25, -0.2) is 0 Å². The summed E-state index contributed by atoms with van der Waals surface area (Å²) in [5.74, 6) is 1.69. The molecule has 6 nitrogen and oxygen atoms in total. The fraction of sp³-hybridized carbons (Fsp3) is 0.350. The number of carbonyl (C=O) groups is 1. The first-order valence-corrected chi connectivity index (χ1v) is 11.0. The molecule has 0 unspecified atom stereocenters. The number of nitrogens with zero attached hydrogens (tertiary/aromatic N) is 3. The van der Waals surface area contributed by atoms with Crippen LogP contribution in [-0.4, -0.2) is 33.0 Å². The van der Waals surface area contributed by atoms with Crippen LogP contribution in [0.2, 0.25) is 0 Å². The number of anilines is 1. The lowest BCUT2D eigenvalue weighted by Gasteiger charge is -2.13. The van der Waals surface area contributed by atoms with Crippen LogP contribution in [0, 0.1) is 0 Å². The first-order valence-electron chi connectivity index (χ1n) is 9.22. The number of carbonyl (C=O) groups excluding carboxylic acids is 1. The zero-order valence-electron chi connectivity index (χ0n) is 15.8. The summed E-state index contributed by atoms with van der Waals surface area (Å²) in [5, 5.41) is 14.4. The molecule has 1 amide bonds. The van der Waals surface area contributed by atoms with E-state index in [4.69, 9.17) is 4.74 Å². The van der Waals surface area contributed by atoms with Crippen molar-refractivity contribution in [1.82, 2.24) is 14.8 Å². The second-order valence-electron chi connectivity index (χ2n) is 6.73. The van der Waals surface area contributed by atoms with Gasteiger partial charge in [0.05, 0.1) is 12.4 Å². The number of hydrogen-bond acceptors (Lipinski definition) is 6. The van der Waals surface area contributed by atoms with Crippen LogP contribution in [0.15, 0.2) is 46.9 Å². The molecule has 0 aliphatic heterocycles. The second kappa shape index (κ2) is 8.36. The standard InChI is InChI=1S/C20H22N4O2S2/c1-13(19(25)21-14-5-9-16(26-2)10-6-14)28-20-23-22-18(24(20)15-7-8-15)12-17-4-3-11-27-17/h3-6,9-11,13,15H,7-8,12H2,1-2H3,(H,21,25)/t13-/m0/s1. The summed E-state index contributed by atoms with van der Waals surface area (Å²) in [6, 6.07) is 12.0. The molecule has 2 heterocycles. The molecule has 0 bridgehead atoms. The minimum Gasteiger partial charge on any atom is -0.497 e. The molecule has 146 valence electrons. The van der Waals surface area contributed by atoms with Crippen molar-refractivity contribution < 1.29 is 9.53 Å². The average Bonchev–Trinajstić information content (AvgIpc) is 3.26. The Morgan fingerprint density at radius 1 is 1.32 bits per heavy atom. The number of thioether (sulfide) groups is 1. The predicted octanol–water partition coefficient (Wildman–Crippen LogP) is 4.39. The summed E-state index contributed by atoms with van der Waals surface area (Å²) >= 11 is 3.19. The van der Waals surface area contributed by atoms with Crippen LogP contribution in [-0.2, 0) is 11.2 Å². The number of thiophene rings is 1. The van der Waals surface area contributed by atoms with Crippen LogP contribution < -0.4 is 10.1 Å². The molecular weight excluding hydrogens is 392 g/mol. The summed E-state index contributed by atoms with van der Waals surface area (Å²) in [7, 11) is 1.62. The van der Waals surface area contributed by atoms with Crippen molar-refractivity contribution in [2.24, 2.45) is 0 Å². The van der Waals surface area contributed by atoms with Crippen LogP contribution >= 0.6 is 23.1 Å². The Morgan fingerprint density at radius 3 is 2.75 bits per heavy atom. The Bertz CT molecular complexity index is 934. The zero-order valence-corrected chi connectivity index (χ0v) is 17.4. The molecule has 0 spiro atoms. The largest absolute Gasteiger partial charge is 0.497 e. The summed E-state index contributed by atoms with van der Waals surface area (Å²) in [6.07, 6.45) is 3.08. The van der Waals surface area contributed by atoms with Crippen molar-refractivity contribution in [1.29, 1.82) is 0 Å². The van der Waals surface area contributed by atoms with E-state index < -0.39 is 0 Å². The smallest absolute Gasteiger partial charge is 0.237 e. The molecule has 0 radical (unpaired) electrons. The van der Waals surface area contributed by atoms with Gasteiger partial charge in [0.1, 0.15) is 11.6 Å². The molecular formula is C20H22N4O2S2. The number of benzene rings is 1. The molecule has 1 aromatic carbocycles. The lowest BCUT2D eigenvalue weighted by molar-refractivity contribution is -0.115. The molecule has 1 fully saturated rings. The third-order valence-corrected chi connectivity index (χ3v) is 6.50. The maximum absolute atomic E-state index is 12.6. The normalized spacial score (nSPS) is 14.6. The van der Waals surface area contributed by atoms with Gasteiger partial charge in [-0.15, -0.1) is 21.5 Å². The van der Waals surface area contributed by atoms with Gasteiger partial charge in [-0.1, -0.05) is 17.8 Å². The zero-order chi connectivity index (χ0) is 19.5. The summed E-state index contributed by atoms with van der Waals surface area (Å²) in [4.78, 5) is 13.9. The van der Waals surface area contributed by atoms with Gasteiger partial charge in [0.2, 0.25) is 5.91 Å². The molecule has 8 heteroatoms. The van der Waals surface area contributed by atoms with Crippen molar-refractivity contribution in [3.05, 3.63) is 52.5 Å². The van der Waals surface area contributed by atoms with Crippen LogP contribution in [0.25, 0.3) is 0 Å². The van der Waals surface area contributed by atoms with E-state index in [-0.39, 0.29) is 11.2 Å². The molecule has 1 atom stereocenters. The van der Waals surface area contributed by atoms with E-state index in [0.717, 1.165) is 41.7 Å². The number of rotatable bonds is 8. The lowest BCUT2D eigenvalue weighted by atomic mass is 10.3. The fourth-order valence-corrected chi connectivity index (χ4v) is 4.55. The molecule has 4 rings (SSSR count). The van der Waals surface area contributed by atoms with E-state index in [1.165, 1.54) is 16.6 Å². The van der Waals surface area contributed by atoms with Gasteiger partial charge < -0.3 is 14.6 Å². The third kappa shape index (κ3) is 4.39. The van der Waals surface area contributed by atoms with Gasteiger partial charge in [-0.3, -0.25) is 4.79 Å². The minimum absolute atomic E-state index is 0.0553. The van der Waals surface area contributed by atoms with Crippen LogP contribution in [0.5, 0.6) is 5.75 Å². The van der Waals surface area contributed by atoms with Crippen molar-refractivity contribution >= 4 is 34.7 Å². The first kappa shape index (κ1) is 19.0. The van der Waals surface area contributed by atoms with Gasteiger partial charge in [0.25, 0.3) is 0 Å². The third-order valence-electron chi connectivity index (χ3n) is 4.57. The number of amides is 1. The number of hydrogen-bond donors (Lipinski definition) is 1. The number of ether oxygens (including phenoxy) is 1. The summed E-state index contributed by atoms with van der Waals surface area (Å²) in [6.45, 7) is 1.90. The number of nitrogens with one attached hydrogen (secondary N) is 1. The quantitative estimate of drug-likeness (QED) is 0.554. The molecule has 1 N–H and O–H groups in total. The highest BCUT2D eigenvalue weighted by atomic mass is 32.2. The Labute approximate surface area is 172 Å². The van der Waals surface area contributed by atoms with E-state index in [2.05, 4.69) is 37.6 Å². The maximum Gasteiger partial charge on any atom is 0.237 e. The van der Waals surface area contributed by atoms with Crippen LogP contribution in [0.3, 0.4) is 0 Å². The Balaban J connectivity index is 1.44. The van der Waals surface area contributed by atoms with Gasteiger partial charge in [-0.05, 0) is 55.5 Å². The second-order valence-corrected chi connectivity index (χ2v) is 9.07. The van der Waals surface area contributed by atoms with Crippen molar-refractivity contribution in [2.75, 3.05) is 12.4 Å². The van der Waals surface area contributed by atoms with Gasteiger partial charge in [0.15, 0.2) is 5.16 Å². The van der Waals surface area contributed by atoms with Gasteiger partial charge >= 0.3 is 0 Å². The Kier molecular flexibility index (Phi) is 5.68. The van der Waals surface area contributed by atoms with Crippen LogP contribution in [0.1, 0.15) is 36.5 Å². The average molecular weight is 415 g/mol. The Morgan fingerprint density at radius 2 is 2.11 bits per heavy atom. The number of aromatic nitrogens is 3.